The van der Waals surface area contributed by atoms with Gasteiger partial charge in [-0.25, -0.2) is 23.1 Å². The molecule has 0 unspecified atom stereocenters. The molecule has 0 bridgehead atoms. The molecule has 1 atom stereocenters. The van der Waals surface area contributed by atoms with Gasteiger partial charge in [0.2, 0.25) is 0 Å². The number of aliphatic hydroxyl groups is 1. The number of benzene rings is 2. The van der Waals surface area contributed by atoms with Crippen molar-refractivity contribution >= 4 is 44.1 Å². The Balaban J connectivity index is 1.83. The van der Waals surface area contributed by atoms with Gasteiger partial charge in [-0.15, -0.1) is 0 Å². The minimum Gasteiger partial charge on any atom is -0.382 e. The number of rotatable bonds is 6. The van der Waals surface area contributed by atoms with E-state index in [0.717, 1.165) is 6.07 Å². The lowest BCUT2D eigenvalue weighted by Gasteiger charge is -2.23. The van der Waals surface area contributed by atoms with E-state index in [0.29, 0.717) is 32.2 Å². The topological polar surface area (TPSA) is 70.9 Å². The maximum absolute atomic E-state index is 14.5. The van der Waals surface area contributed by atoms with Crippen molar-refractivity contribution in [3.05, 3.63) is 81.2 Å². The van der Waals surface area contributed by atoms with E-state index in [1.165, 1.54) is 12.1 Å². The van der Waals surface area contributed by atoms with Gasteiger partial charge in [0.25, 0.3) is 6.43 Å². The van der Waals surface area contributed by atoms with Crippen molar-refractivity contribution in [2.75, 3.05) is 5.32 Å². The molecule has 2 heterocycles. The highest BCUT2D eigenvalue weighted by atomic mass is 79.9. The van der Waals surface area contributed by atoms with Gasteiger partial charge < -0.3 is 10.4 Å². The zero-order valence-electron chi connectivity index (χ0n) is 19.0. The number of aromatic nitrogens is 3. The number of hydrogen-bond donors (Lipinski definition) is 2. The molecular formula is C25H21BrClF3N4O. The Bertz CT molecular complexity index is 1390. The second-order valence-corrected chi connectivity index (χ2v) is 9.89. The zero-order chi connectivity index (χ0) is 25.5. The Morgan fingerprint density at radius 3 is 2.37 bits per heavy atom. The lowest BCUT2D eigenvalue weighted by Crippen LogP contribution is -2.21. The smallest absolute Gasteiger partial charge is 0.262 e. The Kier molecular flexibility index (Phi) is 7.04. The molecule has 2 N–H and O–H groups in total. The van der Waals surface area contributed by atoms with E-state index in [-0.39, 0.29) is 22.1 Å². The zero-order valence-corrected chi connectivity index (χ0v) is 21.3. The summed E-state index contributed by atoms with van der Waals surface area (Å²) >= 11 is 9.74. The Morgan fingerprint density at radius 2 is 1.74 bits per heavy atom. The number of hydrogen-bond acceptors (Lipinski definition) is 5. The van der Waals surface area contributed by atoms with Crippen LogP contribution in [0.1, 0.15) is 37.0 Å². The second-order valence-electron chi connectivity index (χ2n) is 8.59. The third-order valence-corrected chi connectivity index (χ3v) is 6.42. The minimum atomic E-state index is -2.93. The maximum atomic E-state index is 14.5. The summed E-state index contributed by atoms with van der Waals surface area (Å²) < 4.78 is 43.3. The SMILES string of the molecule is Cc1nc2ccc(-c3cnc(C(C)(C)O)nc3)cc2c(N[C@@H](c2cc(Br)ccc2F)C(F)F)c1Cl. The molecule has 0 radical (unpaired) electrons. The van der Waals surface area contributed by atoms with Crippen LogP contribution >= 0.6 is 27.5 Å². The molecular weight excluding hydrogens is 545 g/mol. The monoisotopic (exact) mass is 564 g/mol. The third-order valence-electron chi connectivity index (χ3n) is 5.47. The first-order chi connectivity index (χ1) is 16.5. The van der Waals surface area contributed by atoms with Gasteiger partial charge in [-0.05, 0) is 56.7 Å². The van der Waals surface area contributed by atoms with Crippen LogP contribution in [-0.4, -0.2) is 26.5 Å². The largest absolute Gasteiger partial charge is 0.382 e. The number of halogens is 5. The molecule has 10 heteroatoms. The first kappa shape index (κ1) is 25.3. The fraction of sp³-hybridized carbons (Fsp3) is 0.240. The van der Waals surface area contributed by atoms with Gasteiger partial charge in [-0.2, -0.15) is 0 Å². The predicted molar refractivity (Wildman–Crippen MR) is 134 cm³/mol. The first-order valence-corrected chi connectivity index (χ1v) is 11.8. The van der Waals surface area contributed by atoms with Gasteiger partial charge in [0.05, 0.1) is 21.9 Å². The van der Waals surface area contributed by atoms with Crippen molar-refractivity contribution in [1.82, 2.24) is 15.0 Å². The van der Waals surface area contributed by atoms with Gasteiger partial charge in [-0.1, -0.05) is 33.6 Å². The molecule has 0 saturated carbocycles. The molecule has 35 heavy (non-hydrogen) atoms. The van der Waals surface area contributed by atoms with Crippen molar-refractivity contribution < 1.29 is 18.3 Å². The highest BCUT2D eigenvalue weighted by Crippen LogP contribution is 2.39. The van der Waals surface area contributed by atoms with Crippen LogP contribution in [0.3, 0.4) is 0 Å². The van der Waals surface area contributed by atoms with E-state index >= 15 is 0 Å². The molecule has 182 valence electrons. The van der Waals surface area contributed by atoms with Crippen LogP contribution in [0, 0.1) is 12.7 Å². The number of alkyl halides is 2. The summed E-state index contributed by atoms with van der Waals surface area (Å²) in [6.07, 6.45) is 0.206. The highest BCUT2D eigenvalue weighted by molar-refractivity contribution is 9.10. The van der Waals surface area contributed by atoms with Crippen molar-refractivity contribution in [2.24, 2.45) is 0 Å². The molecule has 5 nitrogen and oxygen atoms in total. The van der Waals surface area contributed by atoms with Crippen LogP contribution in [-0.2, 0) is 5.60 Å². The molecule has 0 aliphatic heterocycles. The summed E-state index contributed by atoms with van der Waals surface area (Å²) in [5.41, 5.74) is 1.12. The number of nitrogens with zero attached hydrogens (tertiary/aromatic N) is 3. The van der Waals surface area contributed by atoms with Gasteiger partial charge in [-0.3, -0.25) is 4.98 Å². The molecule has 0 aliphatic carbocycles. The molecule has 0 fully saturated rings. The summed E-state index contributed by atoms with van der Waals surface area (Å²) in [7, 11) is 0. The van der Waals surface area contributed by atoms with Crippen LogP contribution < -0.4 is 5.32 Å². The normalized spacial score (nSPS) is 12.9. The fourth-order valence-electron chi connectivity index (χ4n) is 3.66. The average molecular weight is 566 g/mol. The number of anilines is 1. The number of nitrogens with one attached hydrogen (secondary N) is 1. The number of aryl methyl sites for hydroxylation is 1. The van der Waals surface area contributed by atoms with Gasteiger partial charge in [0.15, 0.2) is 5.82 Å². The number of fused-ring (bicyclic) bond motifs is 1. The van der Waals surface area contributed by atoms with Gasteiger partial charge in [0.1, 0.15) is 17.5 Å². The molecule has 2 aromatic heterocycles. The lowest BCUT2D eigenvalue weighted by molar-refractivity contribution is 0.0687. The van der Waals surface area contributed by atoms with Crippen LogP contribution in [0.25, 0.3) is 22.0 Å². The highest BCUT2D eigenvalue weighted by Gasteiger charge is 2.28. The van der Waals surface area contributed by atoms with Crippen molar-refractivity contribution in [3.63, 3.8) is 0 Å². The average Bonchev–Trinajstić information content (AvgIpc) is 2.80. The maximum Gasteiger partial charge on any atom is 0.262 e. The lowest BCUT2D eigenvalue weighted by atomic mass is 10.0. The van der Waals surface area contributed by atoms with Crippen LogP contribution in [0.5, 0.6) is 0 Å². The summed E-state index contributed by atoms with van der Waals surface area (Å²) in [5, 5.41) is 13.5. The van der Waals surface area contributed by atoms with E-state index in [1.54, 1.807) is 51.4 Å². The van der Waals surface area contributed by atoms with Crippen molar-refractivity contribution in [2.45, 2.75) is 38.8 Å². The molecule has 0 saturated heterocycles. The van der Waals surface area contributed by atoms with E-state index < -0.39 is 23.9 Å². The predicted octanol–water partition coefficient (Wildman–Crippen LogP) is 7.20. The van der Waals surface area contributed by atoms with Crippen molar-refractivity contribution in [3.8, 4) is 11.1 Å². The van der Waals surface area contributed by atoms with E-state index in [4.69, 9.17) is 11.6 Å². The molecule has 0 amide bonds. The van der Waals surface area contributed by atoms with E-state index in [1.807, 2.05) is 0 Å². The minimum absolute atomic E-state index is 0.157. The Hall–Kier alpha value is -2.75. The molecule has 0 aliphatic rings. The fourth-order valence-corrected chi connectivity index (χ4v) is 4.24. The standard InChI is InChI=1S/C25H21BrClF3N4O/c1-12-20(27)21(34-22(23(29)30)16-9-15(26)5-6-18(16)28)17-8-13(4-7-19(17)33-12)14-10-31-24(32-11-14)25(2,3)35/h4-11,22-23,35H,1-3H3,(H,33,34)/t22-/m0/s1. The quantitative estimate of drug-likeness (QED) is 0.259. The molecule has 4 aromatic rings. The molecule has 0 spiro atoms. The first-order valence-electron chi connectivity index (χ1n) is 10.6. The summed E-state index contributed by atoms with van der Waals surface area (Å²) in [6, 6.07) is 7.50. The molecule has 2 aromatic carbocycles. The third kappa shape index (κ3) is 5.27. The summed E-state index contributed by atoms with van der Waals surface area (Å²) in [5.74, 6) is -0.498. The second kappa shape index (κ2) is 9.72. The van der Waals surface area contributed by atoms with Crippen LogP contribution in [0.15, 0.2) is 53.3 Å². The summed E-state index contributed by atoms with van der Waals surface area (Å²) in [6.45, 7) is 4.83. The van der Waals surface area contributed by atoms with Gasteiger partial charge >= 0.3 is 0 Å². The Labute approximate surface area is 213 Å². The van der Waals surface area contributed by atoms with E-state index in [9.17, 15) is 18.3 Å². The van der Waals surface area contributed by atoms with Crippen LogP contribution in [0.2, 0.25) is 5.02 Å². The van der Waals surface area contributed by atoms with Gasteiger partial charge in [0, 0.05) is 33.4 Å². The van der Waals surface area contributed by atoms with E-state index in [2.05, 4.69) is 36.2 Å². The summed E-state index contributed by atoms with van der Waals surface area (Å²) in [4.78, 5) is 12.9. The Morgan fingerprint density at radius 1 is 1.06 bits per heavy atom. The van der Waals surface area contributed by atoms with Crippen LogP contribution in [0.4, 0.5) is 18.9 Å². The van der Waals surface area contributed by atoms with Crippen molar-refractivity contribution in [1.29, 1.82) is 0 Å². The number of pyridine rings is 1. The molecule has 4 rings (SSSR count).